The van der Waals surface area contributed by atoms with Crippen LogP contribution in [0.1, 0.15) is 36.0 Å². The lowest BCUT2D eigenvalue weighted by Gasteiger charge is -2.10. The number of allylic oxidation sites excluding steroid dienone is 1. The highest BCUT2D eigenvalue weighted by molar-refractivity contribution is 5.89. The number of amides is 1. The minimum Gasteiger partial charge on any atom is -0.396 e. The number of alkyl halides is 3. The second-order valence-electron chi connectivity index (χ2n) is 7.40. The summed E-state index contributed by atoms with van der Waals surface area (Å²) in [6.45, 7) is 5.15. The van der Waals surface area contributed by atoms with Crippen molar-refractivity contribution in [2.24, 2.45) is 0 Å². The van der Waals surface area contributed by atoms with E-state index in [1.165, 1.54) is 10.7 Å². The van der Waals surface area contributed by atoms with Gasteiger partial charge < -0.3 is 10.4 Å². The minimum atomic E-state index is -4.55. The number of carbonyl (C=O) groups is 1. The maximum absolute atomic E-state index is 13.0. The summed E-state index contributed by atoms with van der Waals surface area (Å²) >= 11 is 0. The molecule has 0 spiro atoms. The molecule has 33 heavy (non-hydrogen) atoms. The van der Waals surface area contributed by atoms with E-state index in [1.807, 2.05) is 13.0 Å². The highest BCUT2D eigenvalue weighted by Crippen LogP contribution is 2.32. The second-order valence-corrected chi connectivity index (χ2v) is 7.40. The molecule has 0 saturated carbocycles. The molecule has 0 aromatic carbocycles. The number of hydrogen-bond acceptors (Lipinski definition) is 5. The molecule has 0 aliphatic carbocycles. The molecule has 3 aromatic rings. The Labute approximate surface area is 189 Å². The van der Waals surface area contributed by atoms with E-state index in [9.17, 15) is 18.0 Å². The summed E-state index contributed by atoms with van der Waals surface area (Å²) in [5, 5.41) is 16.2. The molecule has 0 aliphatic rings. The largest absolute Gasteiger partial charge is 0.433 e. The third kappa shape index (κ3) is 5.64. The Morgan fingerprint density at radius 2 is 1.97 bits per heavy atom. The van der Waals surface area contributed by atoms with Crippen molar-refractivity contribution in [3.8, 4) is 11.1 Å². The number of rotatable bonds is 7. The van der Waals surface area contributed by atoms with E-state index in [-0.39, 0.29) is 19.1 Å². The van der Waals surface area contributed by atoms with Crippen LogP contribution in [0.4, 0.5) is 19.0 Å². The van der Waals surface area contributed by atoms with Crippen LogP contribution < -0.4 is 5.32 Å². The Balaban J connectivity index is 1.75. The van der Waals surface area contributed by atoms with Crippen molar-refractivity contribution >= 4 is 17.3 Å². The zero-order chi connectivity index (χ0) is 24.2. The van der Waals surface area contributed by atoms with Gasteiger partial charge in [0.1, 0.15) is 18.1 Å². The molecule has 0 fully saturated rings. The zero-order valence-electron chi connectivity index (χ0n) is 18.4. The van der Waals surface area contributed by atoms with Crippen LogP contribution in [0.15, 0.2) is 42.7 Å². The molecule has 0 atom stereocenters. The Bertz CT molecular complexity index is 1170. The highest BCUT2D eigenvalue weighted by Gasteiger charge is 2.33. The maximum Gasteiger partial charge on any atom is 0.433 e. The van der Waals surface area contributed by atoms with Crippen molar-refractivity contribution < 1.29 is 23.1 Å². The van der Waals surface area contributed by atoms with Gasteiger partial charge in [0.2, 0.25) is 5.91 Å². The Kier molecular flexibility index (Phi) is 7.27. The van der Waals surface area contributed by atoms with Gasteiger partial charge in [-0.3, -0.25) is 14.5 Å². The fourth-order valence-electron chi connectivity index (χ4n) is 3.56. The number of anilines is 1. The van der Waals surface area contributed by atoms with Gasteiger partial charge in [0.25, 0.3) is 0 Å². The van der Waals surface area contributed by atoms with E-state index >= 15 is 0 Å². The average molecular weight is 459 g/mol. The molecule has 0 aliphatic heterocycles. The Hall–Kier alpha value is -3.53. The highest BCUT2D eigenvalue weighted by atomic mass is 19.4. The van der Waals surface area contributed by atoms with Gasteiger partial charge in [-0.05, 0) is 68.2 Å². The predicted octanol–water partition coefficient (Wildman–Crippen LogP) is 4.40. The van der Waals surface area contributed by atoms with Crippen LogP contribution in [0.2, 0.25) is 0 Å². The number of aryl methyl sites for hydroxylation is 1. The third-order valence-corrected chi connectivity index (χ3v) is 5.15. The van der Waals surface area contributed by atoms with Gasteiger partial charge >= 0.3 is 6.18 Å². The van der Waals surface area contributed by atoms with Crippen molar-refractivity contribution in [2.45, 2.75) is 39.9 Å². The van der Waals surface area contributed by atoms with Crippen molar-refractivity contribution in [2.75, 3.05) is 11.9 Å². The standard InChI is InChI=1S/C23H24F3N5O2/c1-4-16(8-10-32)18-5-6-20(28-12-18)29-21(33)13-31-15(3)22(14(2)30-31)17-7-9-27-19(11-17)23(24,25)26/h4-7,9,11-12,32H,8,10,13H2,1-3H3,(H,28,29,33)/b16-4+. The smallest absolute Gasteiger partial charge is 0.396 e. The van der Waals surface area contributed by atoms with Crippen LogP contribution >= 0.6 is 0 Å². The van der Waals surface area contributed by atoms with Crippen LogP contribution in [0.5, 0.6) is 0 Å². The molecule has 3 aromatic heterocycles. The summed E-state index contributed by atoms with van der Waals surface area (Å²) in [5.41, 5.74) is 2.74. The molecule has 7 nitrogen and oxygen atoms in total. The van der Waals surface area contributed by atoms with Gasteiger partial charge in [0.05, 0.1) is 5.69 Å². The summed E-state index contributed by atoms with van der Waals surface area (Å²) in [4.78, 5) is 20.2. The normalized spacial score (nSPS) is 12.2. The lowest BCUT2D eigenvalue weighted by molar-refractivity contribution is -0.141. The number of pyridine rings is 2. The lowest BCUT2D eigenvalue weighted by atomic mass is 10.0. The number of nitrogens with zero attached hydrogens (tertiary/aromatic N) is 4. The van der Waals surface area contributed by atoms with E-state index < -0.39 is 11.9 Å². The first-order valence-electron chi connectivity index (χ1n) is 10.2. The third-order valence-electron chi connectivity index (χ3n) is 5.15. The van der Waals surface area contributed by atoms with E-state index in [1.54, 1.807) is 32.2 Å². The van der Waals surface area contributed by atoms with Crippen molar-refractivity contribution in [3.05, 3.63) is 65.4 Å². The molecule has 0 unspecified atom stereocenters. The van der Waals surface area contributed by atoms with Gasteiger partial charge in [-0.1, -0.05) is 6.08 Å². The van der Waals surface area contributed by atoms with Crippen molar-refractivity contribution in [3.63, 3.8) is 0 Å². The summed E-state index contributed by atoms with van der Waals surface area (Å²) in [7, 11) is 0. The second kappa shape index (κ2) is 9.95. The quantitative estimate of drug-likeness (QED) is 0.546. The minimum absolute atomic E-state index is 0.0276. The number of nitrogens with one attached hydrogen (secondary N) is 1. The molecule has 174 valence electrons. The number of aliphatic hydroxyl groups excluding tert-OH is 1. The van der Waals surface area contributed by atoms with Crippen LogP contribution in [-0.4, -0.2) is 37.4 Å². The van der Waals surface area contributed by atoms with Crippen LogP contribution in [0.25, 0.3) is 16.7 Å². The fourth-order valence-corrected chi connectivity index (χ4v) is 3.56. The molecule has 0 saturated heterocycles. The Morgan fingerprint density at radius 1 is 1.21 bits per heavy atom. The zero-order valence-corrected chi connectivity index (χ0v) is 18.4. The molecule has 1 amide bonds. The molecule has 3 rings (SSSR count). The molecule has 2 N–H and O–H groups in total. The lowest BCUT2D eigenvalue weighted by Crippen LogP contribution is -2.21. The molecule has 0 bridgehead atoms. The summed E-state index contributed by atoms with van der Waals surface area (Å²) in [6, 6.07) is 5.92. The van der Waals surface area contributed by atoms with Gasteiger partial charge in [-0.2, -0.15) is 18.3 Å². The SMILES string of the molecule is C/C=C(\CCO)c1ccc(NC(=O)Cn2nc(C)c(-c3ccnc(C(F)(F)F)c3)c2C)nc1. The summed E-state index contributed by atoms with van der Waals surface area (Å²) in [6.07, 6.45) is 0.570. The fraction of sp³-hybridized carbons (Fsp3) is 0.304. The molecule has 10 heteroatoms. The first-order valence-corrected chi connectivity index (χ1v) is 10.2. The molecule has 3 heterocycles. The van der Waals surface area contributed by atoms with Gasteiger partial charge in [0.15, 0.2) is 0 Å². The molecular weight excluding hydrogens is 435 g/mol. The van der Waals surface area contributed by atoms with Gasteiger partial charge in [0, 0.05) is 30.3 Å². The predicted molar refractivity (Wildman–Crippen MR) is 118 cm³/mol. The maximum atomic E-state index is 13.0. The summed E-state index contributed by atoms with van der Waals surface area (Å²) in [5.74, 6) is -0.0198. The Morgan fingerprint density at radius 3 is 2.58 bits per heavy atom. The number of carbonyl (C=O) groups excluding carboxylic acids is 1. The van der Waals surface area contributed by atoms with Crippen LogP contribution in [0, 0.1) is 13.8 Å². The molecule has 0 radical (unpaired) electrons. The van der Waals surface area contributed by atoms with Gasteiger partial charge in [-0.15, -0.1) is 0 Å². The van der Waals surface area contributed by atoms with E-state index in [2.05, 4.69) is 20.4 Å². The van der Waals surface area contributed by atoms with Crippen LogP contribution in [-0.2, 0) is 17.5 Å². The van der Waals surface area contributed by atoms with Gasteiger partial charge in [-0.25, -0.2) is 4.98 Å². The first kappa shape index (κ1) is 24.1. The monoisotopic (exact) mass is 459 g/mol. The summed E-state index contributed by atoms with van der Waals surface area (Å²) < 4.78 is 40.6. The van der Waals surface area contributed by atoms with Crippen LogP contribution in [0.3, 0.4) is 0 Å². The molecular formula is C23H24F3N5O2. The average Bonchev–Trinajstić information content (AvgIpc) is 3.04. The number of hydrogen-bond donors (Lipinski definition) is 2. The topological polar surface area (TPSA) is 92.9 Å². The van der Waals surface area contributed by atoms with E-state index in [0.29, 0.717) is 34.8 Å². The first-order chi connectivity index (χ1) is 15.6. The number of aliphatic hydroxyl groups is 1. The number of halogens is 3. The van der Waals surface area contributed by atoms with Crippen molar-refractivity contribution in [1.82, 2.24) is 19.7 Å². The van der Waals surface area contributed by atoms with Crippen molar-refractivity contribution in [1.29, 1.82) is 0 Å². The van der Waals surface area contributed by atoms with E-state index in [4.69, 9.17) is 5.11 Å². The van der Waals surface area contributed by atoms with E-state index in [0.717, 1.165) is 23.4 Å². The number of aromatic nitrogens is 4.